The molecule has 7 nitrogen and oxygen atoms in total. The lowest BCUT2D eigenvalue weighted by atomic mass is 10.1. The SMILES string of the molecule is Cc1ccc(Cn2cc(C(=O)NCCCN3C(=O)CCC3=O)c(-c3ccc(C)cc3)n2)cc1. The van der Waals surface area contributed by atoms with Crippen LogP contribution in [0, 0.1) is 13.8 Å². The van der Waals surface area contributed by atoms with E-state index in [4.69, 9.17) is 5.10 Å². The number of rotatable bonds is 8. The molecule has 1 aromatic heterocycles. The van der Waals surface area contributed by atoms with Crippen LogP contribution in [-0.2, 0) is 16.1 Å². The third-order valence-electron chi connectivity index (χ3n) is 5.80. The molecule has 2 heterocycles. The van der Waals surface area contributed by atoms with Gasteiger partial charge in [0.25, 0.3) is 5.91 Å². The fourth-order valence-electron chi connectivity index (χ4n) is 3.88. The summed E-state index contributed by atoms with van der Waals surface area (Å²) in [6.07, 6.45) is 2.86. The molecule has 1 aliphatic heterocycles. The highest BCUT2D eigenvalue weighted by atomic mass is 16.2. The van der Waals surface area contributed by atoms with Gasteiger partial charge in [0, 0.05) is 37.7 Å². The number of imide groups is 1. The van der Waals surface area contributed by atoms with Crippen LogP contribution in [0.2, 0.25) is 0 Å². The second kappa shape index (κ2) is 9.81. The Morgan fingerprint density at radius 1 is 0.939 bits per heavy atom. The second-order valence-corrected chi connectivity index (χ2v) is 8.49. The third kappa shape index (κ3) is 5.37. The van der Waals surface area contributed by atoms with Crippen molar-refractivity contribution in [2.75, 3.05) is 13.1 Å². The Morgan fingerprint density at radius 2 is 1.55 bits per heavy atom. The van der Waals surface area contributed by atoms with Crippen molar-refractivity contribution in [3.8, 4) is 11.3 Å². The van der Waals surface area contributed by atoms with Gasteiger partial charge in [-0.3, -0.25) is 24.0 Å². The Balaban J connectivity index is 1.48. The van der Waals surface area contributed by atoms with E-state index >= 15 is 0 Å². The summed E-state index contributed by atoms with van der Waals surface area (Å²) in [4.78, 5) is 37.8. The van der Waals surface area contributed by atoms with Crippen molar-refractivity contribution in [3.63, 3.8) is 0 Å². The number of amides is 3. The van der Waals surface area contributed by atoms with E-state index in [1.54, 1.807) is 10.9 Å². The maximum absolute atomic E-state index is 13.0. The number of aryl methyl sites for hydroxylation is 2. The zero-order valence-electron chi connectivity index (χ0n) is 19.0. The minimum absolute atomic E-state index is 0.134. The van der Waals surface area contributed by atoms with E-state index in [9.17, 15) is 14.4 Å². The predicted molar refractivity (Wildman–Crippen MR) is 126 cm³/mol. The molecule has 170 valence electrons. The van der Waals surface area contributed by atoms with Crippen molar-refractivity contribution in [2.45, 2.75) is 39.7 Å². The fourth-order valence-corrected chi connectivity index (χ4v) is 3.88. The number of aromatic nitrogens is 2. The first-order chi connectivity index (χ1) is 15.9. The van der Waals surface area contributed by atoms with Gasteiger partial charge in [0.15, 0.2) is 0 Å². The van der Waals surface area contributed by atoms with E-state index < -0.39 is 0 Å². The smallest absolute Gasteiger partial charge is 0.255 e. The first kappa shape index (κ1) is 22.5. The topological polar surface area (TPSA) is 84.3 Å². The highest BCUT2D eigenvalue weighted by Gasteiger charge is 2.28. The van der Waals surface area contributed by atoms with Gasteiger partial charge < -0.3 is 5.32 Å². The molecule has 33 heavy (non-hydrogen) atoms. The standard InChI is InChI=1S/C26H28N4O3/c1-18-4-8-20(9-5-18)16-29-17-22(25(28-29)21-10-6-19(2)7-11-21)26(33)27-14-3-15-30-23(31)12-13-24(30)32/h4-11,17H,3,12-16H2,1-2H3,(H,27,33). The van der Waals surface area contributed by atoms with Gasteiger partial charge in [0.2, 0.25) is 11.8 Å². The van der Waals surface area contributed by atoms with Gasteiger partial charge in [-0.1, -0.05) is 59.7 Å². The number of hydrogen-bond acceptors (Lipinski definition) is 4. The predicted octanol–water partition coefficient (Wildman–Crippen LogP) is 3.48. The Bertz CT molecular complexity index is 1150. The summed E-state index contributed by atoms with van der Waals surface area (Å²) in [6.45, 7) is 5.32. The fraction of sp³-hybridized carbons (Fsp3) is 0.308. The van der Waals surface area contributed by atoms with E-state index in [2.05, 4.69) is 29.6 Å². The summed E-state index contributed by atoms with van der Waals surface area (Å²) < 4.78 is 1.79. The molecule has 0 bridgehead atoms. The molecule has 3 amide bonds. The number of benzene rings is 2. The van der Waals surface area contributed by atoms with Crippen LogP contribution in [0.25, 0.3) is 11.3 Å². The van der Waals surface area contributed by atoms with E-state index in [-0.39, 0.29) is 30.6 Å². The Morgan fingerprint density at radius 3 is 2.18 bits per heavy atom. The minimum atomic E-state index is -0.222. The average Bonchev–Trinajstić information content (AvgIpc) is 3.36. The van der Waals surface area contributed by atoms with Gasteiger partial charge in [-0.2, -0.15) is 5.10 Å². The van der Waals surface area contributed by atoms with E-state index in [1.807, 2.05) is 38.1 Å². The van der Waals surface area contributed by atoms with Crippen molar-refractivity contribution in [1.29, 1.82) is 0 Å². The van der Waals surface area contributed by atoms with Crippen molar-refractivity contribution in [3.05, 3.63) is 77.0 Å². The third-order valence-corrected chi connectivity index (χ3v) is 5.80. The van der Waals surface area contributed by atoms with E-state index in [0.717, 1.165) is 16.7 Å². The first-order valence-corrected chi connectivity index (χ1v) is 11.2. The number of likely N-dealkylation sites (tertiary alicyclic amines) is 1. The molecule has 1 fully saturated rings. The molecular formula is C26H28N4O3. The molecule has 0 saturated carbocycles. The van der Waals surface area contributed by atoms with E-state index in [1.165, 1.54) is 10.5 Å². The molecule has 0 unspecified atom stereocenters. The lowest BCUT2D eigenvalue weighted by molar-refractivity contribution is -0.138. The zero-order valence-corrected chi connectivity index (χ0v) is 19.0. The molecule has 3 aromatic rings. The van der Waals surface area contributed by atoms with Crippen LogP contribution in [0.5, 0.6) is 0 Å². The summed E-state index contributed by atoms with van der Waals surface area (Å²) in [5.74, 6) is -0.490. The molecule has 0 aliphatic carbocycles. The number of nitrogens with zero attached hydrogens (tertiary/aromatic N) is 3. The number of carbonyl (C=O) groups is 3. The Hall–Kier alpha value is -3.74. The molecular weight excluding hydrogens is 416 g/mol. The molecule has 1 aliphatic rings. The molecule has 7 heteroatoms. The van der Waals surface area contributed by atoms with Crippen molar-refractivity contribution in [1.82, 2.24) is 20.0 Å². The van der Waals surface area contributed by atoms with Gasteiger partial charge in [-0.15, -0.1) is 0 Å². The van der Waals surface area contributed by atoms with Crippen molar-refractivity contribution >= 4 is 17.7 Å². The van der Waals surface area contributed by atoms with Gasteiger partial charge in [-0.05, 0) is 25.8 Å². The normalized spacial score (nSPS) is 13.6. The maximum atomic E-state index is 13.0. The van der Waals surface area contributed by atoms with Crippen LogP contribution in [0.3, 0.4) is 0 Å². The molecule has 2 aromatic carbocycles. The number of carbonyl (C=O) groups excluding carboxylic acids is 3. The highest BCUT2D eigenvalue weighted by molar-refractivity contribution is 6.02. The maximum Gasteiger partial charge on any atom is 0.255 e. The molecule has 0 spiro atoms. The summed E-state index contributed by atoms with van der Waals surface area (Å²) in [5, 5.41) is 7.64. The quantitative estimate of drug-likeness (QED) is 0.426. The molecule has 4 rings (SSSR count). The largest absolute Gasteiger partial charge is 0.352 e. The summed E-state index contributed by atoms with van der Waals surface area (Å²) >= 11 is 0. The average molecular weight is 445 g/mol. The van der Waals surface area contributed by atoms with Crippen molar-refractivity contribution in [2.24, 2.45) is 0 Å². The molecule has 0 radical (unpaired) electrons. The highest BCUT2D eigenvalue weighted by Crippen LogP contribution is 2.23. The van der Waals surface area contributed by atoms with Gasteiger partial charge in [-0.25, -0.2) is 0 Å². The van der Waals surface area contributed by atoms with Gasteiger partial charge in [0.05, 0.1) is 12.1 Å². The Labute approximate surface area is 193 Å². The number of nitrogens with one attached hydrogen (secondary N) is 1. The van der Waals surface area contributed by atoms with Crippen LogP contribution in [0.1, 0.15) is 46.3 Å². The zero-order chi connectivity index (χ0) is 23.4. The van der Waals surface area contributed by atoms with Gasteiger partial charge in [0.1, 0.15) is 5.69 Å². The molecule has 1 saturated heterocycles. The van der Waals surface area contributed by atoms with Crippen LogP contribution in [0.4, 0.5) is 0 Å². The Kier molecular flexibility index (Phi) is 6.68. The van der Waals surface area contributed by atoms with Gasteiger partial charge >= 0.3 is 0 Å². The van der Waals surface area contributed by atoms with Crippen LogP contribution in [-0.4, -0.2) is 45.5 Å². The summed E-state index contributed by atoms with van der Waals surface area (Å²) in [6, 6.07) is 16.2. The minimum Gasteiger partial charge on any atom is -0.352 e. The van der Waals surface area contributed by atoms with Crippen LogP contribution in [0.15, 0.2) is 54.7 Å². The monoisotopic (exact) mass is 444 g/mol. The van der Waals surface area contributed by atoms with Crippen LogP contribution >= 0.6 is 0 Å². The second-order valence-electron chi connectivity index (χ2n) is 8.49. The summed E-state index contributed by atoms with van der Waals surface area (Å²) in [7, 11) is 0. The summed E-state index contributed by atoms with van der Waals surface area (Å²) in [5.41, 5.74) is 5.43. The number of hydrogen-bond donors (Lipinski definition) is 1. The molecule has 0 atom stereocenters. The van der Waals surface area contributed by atoms with Crippen LogP contribution < -0.4 is 5.32 Å². The van der Waals surface area contributed by atoms with Crippen molar-refractivity contribution < 1.29 is 14.4 Å². The first-order valence-electron chi connectivity index (χ1n) is 11.2. The van der Waals surface area contributed by atoms with E-state index in [0.29, 0.717) is 37.3 Å². The lowest BCUT2D eigenvalue weighted by Gasteiger charge is -2.13. The lowest BCUT2D eigenvalue weighted by Crippen LogP contribution is -2.33. The molecule has 1 N–H and O–H groups in total.